The van der Waals surface area contributed by atoms with E-state index in [-0.39, 0.29) is 18.1 Å². The number of aromatic amines is 1. The highest BCUT2D eigenvalue weighted by Crippen LogP contribution is 2.26. The minimum atomic E-state index is -0.425. The number of ether oxygens (including phenoxy) is 1. The monoisotopic (exact) mass is 437 g/mol. The van der Waals surface area contributed by atoms with Crippen LogP contribution in [-0.2, 0) is 19.4 Å². The van der Waals surface area contributed by atoms with E-state index < -0.39 is 4.92 Å². The van der Waals surface area contributed by atoms with Gasteiger partial charge < -0.3 is 4.74 Å². The van der Waals surface area contributed by atoms with E-state index in [1.807, 2.05) is 6.07 Å². The summed E-state index contributed by atoms with van der Waals surface area (Å²) >= 11 is 0. The van der Waals surface area contributed by atoms with Crippen LogP contribution in [0.3, 0.4) is 0 Å². The molecule has 0 unspecified atom stereocenters. The fraction of sp³-hybridized carbons (Fsp3) is 0.333. The van der Waals surface area contributed by atoms with E-state index >= 15 is 0 Å². The summed E-state index contributed by atoms with van der Waals surface area (Å²) in [5.41, 5.74) is 7.21. The predicted octanol–water partition coefficient (Wildman–Crippen LogP) is 2.44. The molecular formula is C21H23N7O4. The molecule has 0 saturated carbocycles. The lowest BCUT2D eigenvalue weighted by Crippen LogP contribution is -2.19. The highest BCUT2D eigenvalue weighted by Gasteiger charge is 2.23. The number of hydrazone groups is 1. The molecular weight excluding hydrogens is 414 g/mol. The van der Waals surface area contributed by atoms with Crippen molar-refractivity contribution in [1.29, 1.82) is 0 Å². The number of methoxy groups -OCH3 is 1. The van der Waals surface area contributed by atoms with E-state index in [2.05, 4.69) is 25.8 Å². The number of aromatic nitrogens is 4. The van der Waals surface area contributed by atoms with Crippen molar-refractivity contribution in [2.45, 2.75) is 39.7 Å². The molecule has 0 spiro atoms. The van der Waals surface area contributed by atoms with Gasteiger partial charge in [-0.25, -0.2) is 5.43 Å². The number of H-pyrrole nitrogens is 1. The molecule has 0 aliphatic heterocycles. The first-order chi connectivity index (χ1) is 15.4. The zero-order valence-electron chi connectivity index (χ0n) is 18.0. The van der Waals surface area contributed by atoms with Crippen LogP contribution in [0.4, 0.5) is 5.69 Å². The Balaban J connectivity index is 1.51. The molecule has 3 aromatic rings. The number of benzene rings is 1. The van der Waals surface area contributed by atoms with Crippen molar-refractivity contribution in [2.75, 3.05) is 7.11 Å². The number of amides is 1. The number of aryl methyl sites for hydroxylation is 2. The SMILES string of the molecule is COc1ccc(C=NNC(=O)c2n[nH]c3c2CCC3)cc1Cn1nc(C)c([N+](=O)[O-])c1C. The molecule has 0 bridgehead atoms. The number of nitro groups is 1. The number of hydrogen-bond donors (Lipinski definition) is 2. The quantitative estimate of drug-likeness (QED) is 0.330. The second-order valence-electron chi connectivity index (χ2n) is 7.59. The first-order valence-electron chi connectivity index (χ1n) is 10.1. The van der Waals surface area contributed by atoms with Gasteiger partial charge in [0.05, 0.1) is 24.8 Å². The van der Waals surface area contributed by atoms with Crippen molar-refractivity contribution in [3.8, 4) is 5.75 Å². The molecule has 1 aliphatic rings. The van der Waals surface area contributed by atoms with Crippen LogP contribution in [-0.4, -0.2) is 44.1 Å². The van der Waals surface area contributed by atoms with E-state index in [9.17, 15) is 14.9 Å². The molecule has 0 saturated heterocycles. The summed E-state index contributed by atoms with van der Waals surface area (Å²) in [6.07, 6.45) is 4.29. The molecule has 32 heavy (non-hydrogen) atoms. The normalized spacial score (nSPS) is 12.8. The van der Waals surface area contributed by atoms with E-state index in [0.29, 0.717) is 22.8 Å². The second kappa shape index (κ2) is 8.61. The van der Waals surface area contributed by atoms with Gasteiger partial charge in [-0.3, -0.25) is 24.7 Å². The largest absolute Gasteiger partial charge is 0.496 e. The summed E-state index contributed by atoms with van der Waals surface area (Å²) in [4.78, 5) is 23.2. The number of nitrogens with one attached hydrogen (secondary N) is 2. The van der Waals surface area contributed by atoms with Crippen molar-refractivity contribution in [2.24, 2.45) is 5.10 Å². The van der Waals surface area contributed by atoms with Gasteiger partial charge in [0.1, 0.15) is 17.1 Å². The summed E-state index contributed by atoms with van der Waals surface area (Å²) in [5, 5.41) is 26.6. The minimum absolute atomic E-state index is 0.00856. The second-order valence-corrected chi connectivity index (χ2v) is 7.59. The molecule has 11 nitrogen and oxygen atoms in total. The van der Waals surface area contributed by atoms with Crippen LogP contribution in [0.1, 0.15) is 50.7 Å². The maximum atomic E-state index is 12.4. The fourth-order valence-electron chi connectivity index (χ4n) is 3.99. The Morgan fingerprint density at radius 3 is 2.94 bits per heavy atom. The number of nitrogens with zero attached hydrogens (tertiary/aromatic N) is 5. The van der Waals surface area contributed by atoms with Crippen molar-refractivity contribution in [1.82, 2.24) is 25.4 Å². The van der Waals surface area contributed by atoms with Crippen molar-refractivity contribution in [3.05, 3.63) is 67.8 Å². The van der Waals surface area contributed by atoms with Gasteiger partial charge in [0.15, 0.2) is 5.69 Å². The average molecular weight is 437 g/mol. The summed E-state index contributed by atoms with van der Waals surface area (Å²) < 4.78 is 7.01. The smallest absolute Gasteiger partial charge is 0.312 e. The Hall–Kier alpha value is -4.02. The van der Waals surface area contributed by atoms with Gasteiger partial charge in [0.25, 0.3) is 5.91 Å². The molecule has 11 heteroatoms. The maximum absolute atomic E-state index is 12.4. The molecule has 1 amide bonds. The first kappa shape index (κ1) is 21.2. The van der Waals surface area contributed by atoms with Crippen LogP contribution in [0.25, 0.3) is 0 Å². The van der Waals surface area contributed by atoms with Gasteiger partial charge in [0, 0.05) is 16.8 Å². The van der Waals surface area contributed by atoms with Crippen molar-refractivity contribution in [3.63, 3.8) is 0 Å². The molecule has 0 radical (unpaired) electrons. The third-order valence-corrected chi connectivity index (χ3v) is 5.55. The van der Waals surface area contributed by atoms with Gasteiger partial charge in [-0.05, 0) is 56.9 Å². The summed E-state index contributed by atoms with van der Waals surface area (Å²) in [5.74, 6) is 0.262. The lowest BCUT2D eigenvalue weighted by molar-refractivity contribution is -0.386. The summed E-state index contributed by atoms with van der Waals surface area (Å²) in [6.45, 7) is 3.56. The highest BCUT2D eigenvalue weighted by atomic mass is 16.6. The fourth-order valence-corrected chi connectivity index (χ4v) is 3.99. The standard InChI is InChI=1S/C21H23N7O4/c1-12-20(28(30)31)13(2)27(26-12)11-15-9-14(7-8-18(15)32-3)10-22-25-21(29)19-16-5-4-6-17(16)23-24-19/h7-10H,4-6,11H2,1-3H3,(H,23,24)(H,25,29). The Morgan fingerprint density at radius 2 is 2.22 bits per heavy atom. The molecule has 166 valence electrons. The van der Waals surface area contributed by atoms with Crippen LogP contribution >= 0.6 is 0 Å². The van der Waals surface area contributed by atoms with Crippen molar-refractivity contribution >= 4 is 17.8 Å². The van der Waals surface area contributed by atoms with Gasteiger partial charge in [-0.2, -0.15) is 15.3 Å². The molecule has 2 aromatic heterocycles. The number of fused-ring (bicyclic) bond motifs is 1. The average Bonchev–Trinajstić information content (AvgIpc) is 3.43. The zero-order chi connectivity index (χ0) is 22.8. The van der Waals surface area contributed by atoms with Crippen LogP contribution in [0, 0.1) is 24.0 Å². The molecule has 4 rings (SSSR count). The number of rotatable bonds is 7. The number of hydrogen-bond acceptors (Lipinski definition) is 7. The molecule has 1 aromatic carbocycles. The van der Waals surface area contributed by atoms with Crippen LogP contribution in [0.2, 0.25) is 0 Å². The van der Waals surface area contributed by atoms with Crippen LogP contribution in [0.15, 0.2) is 23.3 Å². The number of carbonyl (C=O) groups excluding carboxylic acids is 1. The Kier molecular flexibility index (Phi) is 5.71. The molecule has 0 fully saturated rings. The summed E-state index contributed by atoms with van der Waals surface area (Å²) in [7, 11) is 1.55. The molecule has 0 atom stereocenters. The van der Waals surface area contributed by atoms with Gasteiger partial charge in [0.2, 0.25) is 0 Å². The van der Waals surface area contributed by atoms with Gasteiger partial charge in [-0.15, -0.1) is 0 Å². The number of carbonyl (C=O) groups is 1. The van der Waals surface area contributed by atoms with E-state index in [1.54, 1.807) is 37.8 Å². The van der Waals surface area contributed by atoms with E-state index in [1.165, 1.54) is 6.21 Å². The Labute approximate surface area is 183 Å². The lowest BCUT2D eigenvalue weighted by Gasteiger charge is -2.10. The van der Waals surface area contributed by atoms with E-state index in [0.717, 1.165) is 41.6 Å². The van der Waals surface area contributed by atoms with Gasteiger partial charge >= 0.3 is 5.69 Å². The maximum Gasteiger partial charge on any atom is 0.312 e. The predicted molar refractivity (Wildman–Crippen MR) is 116 cm³/mol. The topological polar surface area (TPSA) is 140 Å². The van der Waals surface area contributed by atoms with Crippen LogP contribution in [0.5, 0.6) is 5.75 Å². The molecule has 2 N–H and O–H groups in total. The molecule has 2 heterocycles. The lowest BCUT2D eigenvalue weighted by atomic mass is 10.1. The van der Waals surface area contributed by atoms with Gasteiger partial charge in [-0.1, -0.05) is 0 Å². The van der Waals surface area contributed by atoms with Crippen LogP contribution < -0.4 is 10.2 Å². The first-order valence-corrected chi connectivity index (χ1v) is 10.1. The minimum Gasteiger partial charge on any atom is -0.496 e. The highest BCUT2D eigenvalue weighted by molar-refractivity contribution is 5.94. The Bertz CT molecular complexity index is 1230. The Morgan fingerprint density at radius 1 is 1.41 bits per heavy atom. The zero-order valence-corrected chi connectivity index (χ0v) is 18.0. The summed E-state index contributed by atoms with van der Waals surface area (Å²) in [6, 6.07) is 5.41. The third kappa shape index (κ3) is 3.96. The third-order valence-electron chi connectivity index (χ3n) is 5.55. The molecule has 1 aliphatic carbocycles. The van der Waals surface area contributed by atoms with Crippen molar-refractivity contribution < 1.29 is 14.5 Å². The van der Waals surface area contributed by atoms with E-state index in [4.69, 9.17) is 4.74 Å².